The molecule has 2 nitrogen and oxygen atoms in total. The van der Waals surface area contributed by atoms with Gasteiger partial charge in [-0.05, 0) is 22.2 Å². The molecule has 0 radical (unpaired) electrons. The van der Waals surface area contributed by atoms with Crippen LogP contribution in [0, 0.1) is 29.1 Å². The minimum atomic E-state index is -2.01. The lowest BCUT2D eigenvalue weighted by molar-refractivity contribution is 0.344. The van der Waals surface area contributed by atoms with E-state index in [2.05, 4.69) is 78.5 Å². The summed E-state index contributed by atoms with van der Waals surface area (Å²) in [4.78, 5) is 0. The van der Waals surface area contributed by atoms with E-state index in [-0.39, 0.29) is 17.8 Å². The Balaban J connectivity index is 2.15. The fourth-order valence-electron chi connectivity index (χ4n) is 4.59. The number of rotatable bonds is 8. The second kappa shape index (κ2) is 8.27. The fourth-order valence-corrected chi connectivity index (χ4v) is 9.89. The maximum atomic E-state index is 9.55. The van der Waals surface area contributed by atoms with Crippen LogP contribution in [0.1, 0.15) is 47.1 Å². The maximum absolute atomic E-state index is 9.55. The third-order valence-corrected chi connectivity index (χ3v) is 12.0. The van der Waals surface area contributed by atoms with Crippen molar-refractivity contribution in [1.82, 2.24) is 0 Å². The number of hydrogen-bond acceptors (Lipinski definition) is 2. The maximum Gasteiger partial charge on any atom is 0.258 e. The summed E-state index contributed by atoms with van der Waals surface area (Å²) in [5.41, 5.74) is 2.70. The van der Waals surface area contributed by atoms with E-state index in [9.17, 15) is 5.26 Å². The molecular weight excluding hydrogens is 334 g/mol. The summed E-state index contributed by atoms with van der Waals surface area (Å²) < 4.78 is 6.72. The van der Waals surface area contributed by atoms with Gasteiger partial charge in [0.2, 0.25) is 0 Å². The van der Waals surface area contributed by atoms with Gasteiger partial charge in [0, 0.05) is 11.8 Å². The molecule has 0 spiro atoms. The van der Waals surface area contributed by atoms with Gasteiger partial charge >= 0.3 is 0 Å². The minimum absolute atomic E-state index is 0.0133. The van der Waals surface area contributed by atoms with Crippen molar-refractivity contribution >= 4 is 14.4 Å². The summed E-state index contributed by atoms with van der Waals surface area (Å²) in [5.74, 6) is 1.16. The first-order valence-corrected chi connectivity index (χ1v) is 11.9. The summed E-state index contributed by atoms with van der Waals surface area (Å²) in [7, 11) is -2.01. The molecule has 0 heterocycles. The Bertz CT molecular complexity index is 662. The third kappa shape index (κ3) is 3.96. The van der Waals surface area contributed by atoms with Gasteiger partial charge in [-0.15, -0.1) is 0 Å². The normalized spacial score (nSPS) is 22.8. The van der Waals surface area contributed by atoms with E-state index in [0.717, 1.165) is 11.3 Å². The molecule has 0 aromatic heterocycles. The molecule has 0 N–H and O–H groups in total. The van der Waals surface area contributed by atoms with Crippen LogP contribution in [-0.2, 0) is 4.43 Å². The first-order valence-electron chi connectivity index (χ1n) is 9.76. The highest BCUT2D eigenvalue weighted by molar-refractivity contribution is 6.77. The highest BCUT2D eigenvalue weighted by atomic mass is 28.4. The van der Waals surface area contributed by atoms with Gasteiger partial charge in [-0.25, -0.2) is 0 Å². The van der Waals surface area contributed by atoms with E-state index in [1.807, 2.05) is 18.2 Å². The van der Waals surface area contributed by atoms with Crippen molar-refractivity contribution < 1.29 is 4.43 Å². The molecule has 140 valence electrons. The van der Waals surface area contributed by atoms with E-state index in [1.54, 1.807) is 0 Å². The fraction of sp³-hybridized carbons (Fsp3) is 0.522. The lowest BCUT2D eigenvalue weighted by Crippen LogP contribution is -2.47. The number of nitrogens with zero attached hydrogens (tertiary/aromatic N) is 1. The van der Waals surface area contributed by atoms with E-state index in [0.29, 0.717) is 16.6 Å². The summed E-state index contributed by atoms with van der Waals surface area (Å²) in [6, 6.07) is 12.7. The second-order valence-corrected chi connectivity index (χ2v) is 13.8. The monoisotopic (exact) mass is 367 g/mol. The molecule has 3 heteroatoms. The quantitative estimate of drug-likeness (QED) is 0.374. The van der Waals surface area contributed by atoms with Crippen LogP contribution in [0.25, 0.3) is 6.08 Å². The molecule has 26 heavy (non-hydrogen) atoms. The van der Waals surface area contributed by atoms with Crippen LogP contribution >= 0.6 is 0 Å². The SMILES string of the molecule is C=C(O[Si](C(C)C)(C(C)C)C(C)C)[C@H]1[C@H](C#N)[C@H]1/C=C/c1ccccc1. The largest absolute Gasteiger partial charge is 0.546 e. The van der Waals surface area contributed by atoms with Gasteiger partial charge in [-0.2, -0.15) is 5.26 Å². The lowest BCUT2D eigenvalue weighted by atomic mass is 10.2. The second-order valence-electron chi connectivity index (χ2n) is 8.41. The van der Waals surface area contributed by atoms with Crippen molar-refractivity contribution in [3.63, 3.8) is 0 Å². The average Bonchev–Trinajstić information content (AvgIpc) is 3.30. The first-order chi connectivity index (χ1) is 12.3. The number of allylic oxidation sites excluding steroid dienone is 2. The van der Waals surface area contributed by atoms with Gasteiger partial charge in [-0.3, -0.25) is 0 Å². The highest BCUT2D eigenvalue weighted by Crippen LogP contribution is 2.54. The molecular formula is C23H33NOSi. The van der Waals surface area contributed by atoms with Crippen LogP contribution in [0.4, 0.5) is 0 Å². The van der Waals surface area contributed by atoms with Crippen LogP contribution in [0.2, 0.25) is 16.6 Å². The summed E-state index contributed by atoms with van der Waals surface area (Å²) in [6.45, 7) is 18.0. The van der Waals surface area contributed by atoms with Gasteiger partial charge in [0.25, 0.3) is 8.32 Å². The molecule has 0 aliphatic heterocycles. The van der Waals surface area contributed by atoms with Crippen molar-refractivity contribution in [2.24, 2.45) is 17.8 Å². The van der Waals surface area contributed by atoms with Crippen LogP contribution in [0.15, 0.2) is 48.7 Å². The van der Waals surface area contributed by atoms with Gasteiger partial charge in [-0.1, -0.05) is 90.6 Å². The molecule has 1 saturated carbocycles. The van der Waals surface area contributed by atoms with Crippen molar-refractivity contribution in [2.45, 2.75) is 58.2 Å². The Kier molecular flexibility index (Phi) is 6.52. The Morgan fingerprint density at radius 2 is 1.62 bits per heavy atom. The Morgan fingerprint density at radius 1 is 1.08 bits per heavy atom. The van der Waals surface area contributed by atoms with Crippen molar-refractivity contribution in [3.8, 4) is 6.07 Å². The lowest BCUT2D eigenvalue weighted by Gasteiger charge is -2.43. The van der Waals surface area contributed by atoms with Gasteiger partial charge in [0.15, 0.2) is 0 Å². The zero-order valence-corrected chi connectivity index (χ0v) is 18.1. The molecule has 2 rings (SSSR count). The standard InChI is InChI=1S/C23H33NOSi/c1-16(2)26(17(3)4,18(5)6)25-19(7)23-21(22(23)15-24)14-13-20-11-9-8-10-12-20/h8-14,16-18,21-23H,7H2,1-6H3/b14-13+/t21-,22-,23-/m1/s1. The van der Waals surface area contributed by atoms with Gasteiger partial charge in [0.1, 0.15) is 0 Å². The van der Waals surface area contributed by atoms with Crippen molar-refractivity contribution in [2.75, 3.05) is 0 Å². The molecule has 3 atom stereocenters. The third-order valence-electron chi connectivity index (χ3n) is 5.92. The average molecular weight is 368 g/mol. The molecule has 0 bridgehead atoms. The van der Waals surface area contributed by atoms with E-state index in [1.165, 1.54) is 0 Å². The van der Waals surface area contributed by atoms with Crippen LogP contribution in [0.3, 0.4) is 0 Å². The molecule has 1 fully saturated rings. The molecule has 1 aliphatic carbocycles. The number of benzene rings is 1. The molecule has 1 aromatic carbocycles. The summed E-state index contributed by atoms with van der Waals surface area (Å²) >= 11 is 0. The highest BCUT2D eigenvalue weighted by Gasteiger charge is 2.55. The topological polar surface area (TPSA) is 33.0 Å². The van der Waals surface area contributed by atoms with Crippen molar-refractivity contribution in [1.29, 1.82) is 5.26 Å². The minimum Gasteiger partial charge on any atom is -0.546 e. The van der Waals surface area contributed by atoms with E-state index < -0.39 is 8.32 Å². The molecule has 0 amide bonds. The van der Waals surface area contributed by atoms with Crippen LogP contribution in [-0.4, -0.2) is 8.32 Å². The van der Waals surface area contributed by atoms with E-state index in [4.69, 9.17) is 4.43 Å². The van der Waals surface area contributed by atoms with Crippen LogP contribution in [0.5, 0.6) is 0 Å². The Labute approximate surface area is 160 Å². The zero-order valence-electron chi connectivity index (χ0n) is 17.1. The zero-order chi connectivity index (χ0) is 19.5. The van der Waals surface area contributed by atoms with Gasteiger partial charge < -0.3 is 4.43 Å². The number of nitriles is 1. The molecule has 1 aliphatic rings. The van der Waals surface area contributed by atoms with Crippen molar-refractivity contribution in [3.05, 3.63) is 54.3 Å². The van der Waals surface area contributed by atoms with Gasteiger partial charge in [0.05, 0.1) is 17.7 Å². The Morgan fingerprint density at radius 3 is 2.08 bits per heavy atom. The smallest absolute Gasteiger partial charge is 0.258 e. The van der Waals surface area contributed by atoms with E-state index >= 15 is 0 Å². The van der Waals surface area contributed by atoms with Crippen LogP contribution < -0.4 is 0 Å². The Hall–Kier alpha value is -1.79. The summed E-state index contributed by atoms with van der Waals surface area (Å²) in [5, 5.41) is 9.55. The predicted molar refractivity (Wildman–Crippen MR) is 113 cm³/mol. The molecule has 0 unspecified atom stereocenters. The molecule has 1 aromatic rings. The predicted octanol–water partition coefficient (Wildman–Crippen LogP) is 6.79. The summed E-state index contributed by atoms with van der Waals surface area (Å²) in [6.07, 6.45) is 4.27. The molecule has 0 saturated heterocycles. The first kappa shape index (κ1) is 20.5. The number of hydrogen-bond donors (Lipinski definition) is 0.